The summed E-state index contributed by atoms with van der Waals surface area (Å²) in [6.07, 6.45) is -11.0. The maximum atomic E-state index is 12.1. The lowest BCUT2D eigenvalue weighted by molar-refractivity contribution is -0.341. The van der Waals surface area contributed by atoms with Crippen LogP contribution >= 0.6 is 15.9 Å². The predicted octanol–water partition coefficient (Wildman–Crippen LogP) is 4.56. The fraction of sp³-hybridized carbons (Fsp3) is 0.400. The Morgan fingerprint density at radius 2 is 1.47 bits per heavy atom. The van der Waals surface area contributed by atoms with Gasteiger partial charge in [-0.2, -0.15) is 0 Å². The Balaban J connectivity index is 2.79. The van der Waals surface area contributed by atoms with E-state index in [0.717, 1.165) is 24.3 Å². The van der Waals surface area contributed by atoms with Crippen LogP contribution in [0.3, 0.4) is 0 Å². The topological polar surface area (TPSA) is 18.5 Å². The molecule has 1 aromatic rings. The van der Waals surface area contributed by atoms with Crippen molar-refractivity contribution in [3.63, 3.8) is 0 Å². The van der Waals surface area contributed by atoms with E-state index in [1.807, 2.05) is 0 Å². The van der Waals surface area contributed by atoms with Crippen molar-refractivity contribution in [1.29, 1.82) is 0 Å². The zero-order chi connectivity index (χ0) is 14.7. The molecular weight excluding hydrogens is 346 g/mol. The van der Waals surface area contributed by atoms with E-state index in [4.69, 9.17) is 0 Å². The van der Waals surface area contributed by atoms with Crippen LogP contribution in [0.1, 0.15) is 11.7 Å². The molecule has 0 spiro atoms. The first-order chi connectivity index (χ1) is 8.61. The predicted molar refractivity (Wildman–Crippen MR) is 56.8 cm³/mol. The highest BCUT2D eigenvalue weighted by Crippen LogP contribution is 2.31. The molecule has 0 bridgehead atoms. The average molecular weight is 353 g/mol. The fourth-order valence-electron chi connectivity index (χ4n) is 1.23. The lowest BCUT2D eigenvalue weighted by Crippen LogP contribution is -2.19. The Hall–Kier alpha value is -0.960. The van der Waals surface area contributed by atoms with Crippen LogP contribution in [0, 0.1) is 0 Å². The van der Waals surface area contributed by atoms with Gasteiger partial charge in [-0.3, -0.25) is 4.74 Å². The monoisotopic (exact) mass is 352 g/mol. The van der Waals surface area contributed by atoms with E-state index in [0.29, 0.717) is 0 Å². The van der Waals surface area contributed by atoms with Crippen molar-refractivity contribution in [2.75, 3.05) is 5.33 Å². The Bertz CT molecular complexity index is 400. The first-order valence-corrected chi connectivity index (χ1v) is 5.89. The van der Waals surface area contributed by atoms with Gasteiger partial charge in [0.25, 0.3) is 0 Å². The number of benzene rings is 1. The first-order valence-electron chi connectivity index (χ1n) is 4.77. The van der Waals surface area contributed by atoms with Crippen molar-refractivity contribution < 1.29 is 35.8 Å². The van der Waals surface area contributed by atoms with Crippen molar-refractivity contribution in [2.24, 2.45) is 0 Å². The molecule has 1 aromatic carbocycles. The summed E-state index contributed by atoms with van der Waals surface area (Å²) in [7, 11) is 0. The van der Waals surface area contributed by atoms with Crippen molar-refractivity contribution in [3.05, 3.63) is 29.8 Å². The average Bonchev–Trinajstić information content (AvgIpc) is 2.23. The molecule has 0 saturated heterocycles. The summed E-state index contributed by atoms with van der Waals surface area (Å²) >= 11 is 2.84. The molecule has 0 aromatic heterocycles. The van der Waals surface area contributed by atoms with Crippen LogP contribution in [-0.2, 0) is 4.74 Å². The molecule has 108 valence electrons. The highest BCUT2D eigenvalue weighted by atomic mass is 79.9. The minimum atomic E-state index is -4.85. The summed E-state index contributed by atoms with van der Waals surface area (Å²) in [5.74, 6) is -0.517. The zero-order valence-electron chi connectivity index (χ0n) is 9.06. The van der Waals surface area contributed by atoms with E-state index in [2.05, 4.69) is 25.4 Å². The molecule has 0 saturated carbocycles. The molecule has 1 atom stereocenters. The van der Waals surface area contributed by atoms with Crippen LogP contribution in [-0.4, -0.2) is 18.1 Å². The van der Waals surface area contributed by atoms with Gasteiger partial charge in [-0.15, -0.1) is 26.3 Å². The van der Waals surface area contributed by atoms with Gasteiger partial charge in [0.2, 0.25) is 0 Å². The van der Waals surface area contributed by atoms with Crippen LogP contribution in [0.5, 0.6) is 5.75 Å². The van der Waals surface area contributed by atoms with Crippen molar-refractivity contribution in [3.8, 4) is 5.75 Å². The van der Waals surface area contributed by atoms with Gasteiger partial charge in [-0.1, -0.05) is 28.1 Å². The number of halogens is 7. The molecule has 0 N–H and O–H groups in total. The van der Waals surface area contributed by atoms with Gasteiger partial charge in [0.15, 0.2) is 0 Å². The number of hydrogen-bond donors (Lipinski definition) is 0. The third kappa shape index (κ3) is 6.15. The van der Waals surface area contributed by atoms with Gasteiger partial charge in [0, 0.05) is 5.33 Å². The molecule has 1 rings (SSSR count). The van der Waals surface area contributed by atoms with E-state index in [1.165, 1.54) is 0 Å². The van der Waals surface area contributed by atoms with E-state index in [9.17, 15) is 26.3 Å². The van der Waals surface area contributed by atoms with Crippen LogP contribution in [0.15, 0.2) is 24.3 Å². The van der Waals surface area contributed by atoms with Crippen molar-refractivity contribution in [2.45, 2.75) is 18.8 Å². The first kappa shape index (κ1) is 16.1. The number of rotatable bonds is 4. The molecule has 9 heteroatoms. The molecule has 0 amide bonds. The van der Waals surface area contributed by atoms with E-state index >= 15 is 0 Å². The third-order valence-corrected chi connectivity index (χ3v) is 2.49. The Morgan fingerprint density at radius 3 is 1.84 bits per heavy atom. The molecular formula is C10H7BrF6O2. The fourth-order valence-corrected chi connectivity index (χ4v) is 1.74. The maximum Gasteiger partial charge on any atom is 0.573 e. The highest BCUT2D eigenvalue weighted by Gasteiger charge is 2.34. The van der Waals surface area contributed by atoms with E-state index < -0.39 is 24.6 Å². The second kappa shape index (κ2) is 6.00. The molecule has 0 radical (unpaired) electrons. The van der Waals surface area contributed by atoms with Crippen LogP contribution in [0.2, 0.25) is 0 Å². The Morgan fingerprint density at radius 1 is 0.947 bits per heavy atom. The summed E-state index contributed by atoms with van der Waals surface area (Å²) in [6, 6.07) is 3.97. The number of ether oxygens (including phenoxy) is 2. The summed E-state index contributed by atoms with van der Waals surface area (Å²) in [5, 5.41) is -0.161. The SMILES string of the molecule is FC(F)(F)Oc1ccc(C(CBr)OC(F)(F)F)cc1. The van der Waals surface area contributed by atoms with Crippen molar-refractivity contribution >= 4 is 15.9 Å². The van der Waals surface area contributed by atoms with Crippen LogP contribution in [0.25, 0.3) is 0 Å². The lowest BCUT2D eigenvalue weighted by Gasteiger charge is -2.18. The van der Waals surface area contributed by atoms with Crippen LogP contribution in [0.4, 0.5) is 26.3 Å². The molecule has 0 aliphatic heterocycles. The normalized spacial score (nSPS) is 14.3. The van der Waals surface area contributed by atoms with Gasteiger partial charge in [0.1, 0.15) is 11.9 Å². The zero-order valence-corrected chi connectivity index (χ0v) is 10.6. The standard InChI is InChI=1S/C10H7BrF6O2/c11-5-8(19-10(15,16)17)6-1-3-7(4-2-6)18-9(12,13)14/h1-4,8H,5H2. The second-order valence-corrected chi connectivity index (χ2v) is 3.97. The van der Waals surface area contributed by atoms with Gasteiger partial charge in [-0.05, 0) is 17.7 Å². The van der Waals surface area contributed by atoms with E-state index in [1.54, 1.807) is 0 Å². The summed E-state index contributed by atoms with van der Waals surface area (Å²) < 4.78 is 79.2. The third-order valence-electron chi connectivity index (χ3n) is 1.90. The molecule has 19 heavy (non-hydrogen) atoms. The van der Waals surface area contributed by atoms with Gasteiger partial charge >= 0.3 is 12.7 Å². The minimum absolute atomic E-state index is 0.0729. The molecule has 0 aliphatic rings. The number of hydrogen-bond acceptors (Lipinski definition) is 2. The Labute approximate surface area is 112 Å². The van der Waals surface area contributed by atoms with Gasteiger partial charge in [0.05, 0.1) is 0 Å². The molecule has 0 heterocycles. The molecule has 0 fully saturated rings. The van der Waals surface area contributed by atoms with Crippen molar-refractivity contribution in [1.82, 2.24) is 0 Å². The molecule has 2 nitrogen and oxygen atoms in total. The maximum absolute atomic E-state index is 12.1. The minimum Gasteiger partial charge on any atom is -0.406 e. The Kier molecular flexibility index (Phi) is 5.08. The van der Waals surface area contributed by atoms with E-state index in [-0.39, 0.29) is 10.9 Å². The van der Waals surface area contributed by atoms with Crippen LogP contribution < -0.4 is 4.74 Å². The molecule has 1 unspecified atom stereocenters. The largest absolute Gasteiger partial charge is 0.573 e. The van der Waals surface area contributed by atoms with Gasteiger partial charge in [-0.25, -0.2) is 0 Å². The smallest absolute Gasteiger partial charge is 0.406 e. The summed E-state index contributed by atoms with van der Waals surface area (Å²) in [4.78, 5) is 0. The summed E-state index contributed by atoms with van der Waals surface area (Å²) in [6.45, 7) is 0. The lowest BCUT2D eigenvalue weighted by atomic mass is 10.1. The summed E-state index contributed by atoms with van der Waals surface area (Å²) in [5.41, 5.74) is 0.0729. The quantitative estimate of drug-likeness (QED) is 0.584. The van der Waals surface area contributed by atoms with Gasteiger partial charge < -0.3 is 4.74 Å². The number of alkyl halides is 7. The molecule has 0 aliphatic carbocycles. The highest BCUT2D eigenvalue weighted by molar-refractivity contribution is 9.09. The second-order valence-electron chi connectivity index (χ2n) is 3.32.